The smallest absolute Gasteiger partial charge is 0.143 e. The van der Waals surface area contributed by atoms with E-state index in [0.29, 0.717) is 38.5 Å². The van der Waals surface area contributed by atoms with E-state index in [1.54, 1.807) is 0 Å². The van der Waals surface area contributed by atoms with Crippen LogP contribution in [0.4, 0.5) is 0 Å². The van der Waals surface area contributed by atoms with Crippen molar-refractivity contribution in [3.8, 4) is 33.4 Å². The zero-order valence-corrected chi connectivity index (χ0v) is 25.2. The second-order valence-electron chi connectivity index (χ2n) is 12.0. The van der Waals surface area contributed by atoms with Gasteiger partial charge < -0.3 is 4.42 Å². The molecule has 0 aliphatic carbocycles. The van der Waals surface area contributed by atoms with Gasteiger partial charge in [-0.1, -0.05) is 152 Å². The summed E-state index contributed by atoms with van der Waals surface area (Å²) in [5.74, 6) is 0. The minimum absolute atomic E-state index is 0.0569. The third kappa shape index (κ3) is 3.90. The molecule has 1 heterocycles. The maximum atomic E-state index is 9.43. The van der Waals surface area contributed by atoms with Gasteiger partial charge in [0.25, 0.3) is 0 Å². The van der Waals surface area contributed by atoms with E-state index < -0.39 is 0 Å². The van der Waals surface area contributed by atoms with Gasteiger partial charge in [-0.15, -0.1) is 0 Å². The van der Waals surface area contributed by atoms with Crippen LogP contribution in [-0.4, -0.2) is 0 Å². The second-order valence-corrected chi connectivity index (χ2v) is 12.0. The summed E-state index contributed by atoms with van der Waals surface area (Å²) in [6.07, 6.45) is 0. The zero-order chi connectivity index (χ0) is 35.2. The molecule has 1 heteroatoms. The molecule has 10 aromatic rings. The van der Waals surface area contributed by atoms with Crippen molar-refractivity contribution in [1.82, 2.24) is 0 Å². The van der Waals surface area contributed by atoms with Gasteiger partial charge in [0.1, 0.15) is 11.2 Å². The minimum Gasteiger partial charge on any atom is -0.455 e. The van der Waals surface area contributed by atoms with Gasteiger partial charge in [0, 0.05) is 16.2 Å². The topological polar surface area (TPSA) is 13.1 Å². The molecule has 0 bridgehead atoms. The Morgan fingerprint density at radius 2 is 1.02 bits per heavy atom. The van der Waals surface area contributed by atoms with Crippen molar-refractivity contribution < 1.29 is 11.3 Å². The van der Waals surface area contributed by atoms with E-state index in [0.717, 1.165) is 43.8 Å². The summed E-state index contributed by atoms with van der Waals surface area (Å²) in [6.45, 7) is 0. The van der Waals surface area contributed by atoms with Gasteiger partial charge in [0.15, 0.2) is 0 Å². The average Bonchev–Trinajstić information content (AvgIpc) is 3.58. The molecule has 0 aliphatic heterocycles. The summed E-state index contributed by atoms with van der Waals surface area (Å²) in [5, 5.41) is 8.34. The summed E-state index contributed by atoms with van der Waals surface area (Å²) in [4.78, 5) is 0. The van der Waals surface area contributed by atoms with Crippen LogP contribution in [0, 0.1) is 0 Å². The molecule has 9 aromatic carbocycles. The van der Waals surface area contributed by atoms with Crippen molar-refractivity contribution in [2.45, 2.75) is 0 Å². The quantitative estimate of drug-likeness (QED) is 0.184. The molecule has 1 aromatic heterocycles. The van der Waals surface area contributed by atoms with E-state index >= 15 is 0 Å². The van der Waals surface area contributed by atoms with Crippen LogP contribution in [0.1, 0.15) is 6.85 Å². The third-order valence-corrected chi connectivity index (χ3v) is 9.45. The molecule has 0 saturated carbocycles. The summed E-state index contributed by atoms with van der Waals surface area (Å²) >= 11 is 0. The molecule has 10 rings (SSSR count). The first kappa shape index (κ1) is 21.5. The van der Waals surface area contributed by atoms with E-state index in [2.05, 4.69) is 97.1 Å². The van der Waals surface area contributed by atoms with Crippen molar-refractivity contribution in [2.75, 3.05) is 0 Å². The third-order valence-electron chi connectivity index (χ3n) is 9.45. The molecule has 1 nitrogen and oxygen atoms in total. The molecule has 0 unspecified atom stereocenters. The minimum atomic E-state index is -0.290. The standard InChI is InChI=1S/C46H28O/c1-2-13-31-28-32(25-24-29(31)12-1)43-37-18-5-7-20-39(37)45(40-21-8-6-19-38(40)43)36-17-4-3-15-33(36)35-22-11-14-30-26-27-41-34-16-9-10-23-42(34)47-46(41)44(30)35/h1-28H/i11D,14D,22D,26D,27D. The Labute approximate surface area is 279 Å². The fourth-order valence-electron chi connectivity index (χ4n) is 7.39. The maximum Gasteiger partial charge on any atom is 0.143 e. The zero-order valence-electron chi connectivity index (χ0n) is 30.2. The highest BCUT2D eigenvalue weighted by Gasteiger charge is 2.21. The fourth-order valence-corrected chi connectivity index (χ4v) is 7.39. The number of benzene rings is 9. The lowest BCUT2D eigenvalue weighted by Crippen LogP contribution is -1.93. The average molecular weight is 602 g/mol. The van der Waals surface area contributed by atoms with Gasteiger partial charge in [-0.05, 0) is 89.3 Å². The molecule has 0 N–H and O–H groups in total. The lowest BCUT2D eigenvalue weighted by Gasteiger charge is -2.20. The van der Waals surface area contributed by atoms with Gasteiger partial charge in [-0.2, -0.15) is 0 Å². The first-order chi connectivity index (χ1) is 25.4. The van der Waals surface area contributed by atoms with E-state index in [-0.39, 0.29) is 35.6 Å². The van der Waals surface area contributed by atoms with Gasteiger partial charge in [0.05, 0.1) is 6.85 Å². The Morgan fingerprint density at radius 1 is 0.404 bits per heavy atom. The molecule has 0 atom stereocenters. The largest absolute Gasteiger partial charge is 0.455 e. The molecule has 0 fully saturated rings. The maximum absolute atomic E-state index is 9.43. The molecule has 218 valence electrons. The molecular weight excluding hydrogens is 569 g/mol. The highest BCUT2D eigenvalue weighted by atomic mass is 16.3. The van der Waals surface area contributed by atoms with Crippen LogP contribution >= 0.6 is 0 Å². The van der Waals surface area contributed by atoms with Crippen LogP contribution in [0.25, 0.3) is 98.4 Å². The number of hydrogen-bond donors (Lipinski definition) is 0. The van der Waals surface area contributed by atoms with Crippen molar-refractivity contribution in [1.29, 1.82) is 0 Å². The Morgan fingerprint density at radius 3 is 1.79 bits per heavy atom. The van der Waals surface area contributed by atoms with E-state index in [1.807, 2.05) is 42.5 Å². The molecule has 0 amide bonds. The molecule has 0 aliphatic rings. The highest BCUT2D eigenvalue weighted by molar-refractivity contribution is 6.24. The predicted molar refractivity (Wildman–Crippen MR) is 200 cm³/mol. The SMILES string of the molecule is [2H]c1c([2H])c(-c2ccccc2-c2c3ccccc3c(-c3ccc4ccccc4c3)c3ccccc23)c2c(c1[2H])c([2H])c([2H])c1c3ccccc3oc21. The fraction of sp³-hybridized carbons (Fsp3) is 0. The van der Waals surface area contributed by atoms with Gasteiger partial charge in [0.2, 0.25) is 0 Å². The van der Waals surface area contributed by atoms with Crippen LogP contribution in [0.2, 0.25) is 0 Å². The van der Waals surface area contributed by atoms with Gasteiger partial charge in [-0.25, -0.2) is 0 Å². The van der Waals surface area contributed by atoms with Crippen molar-refractivity contribution in [2.24, 2.45) is 0 Å². The van der Waals surface area contributed by atoms with Crippen LogP contribution < -0.4 is 0 Å². The predicted octanol–water partition coefficient (Wildman–Crippen LogP) is 13.2. The van der Waals surface area contributed by atoms with E-state index in [1.165, 1.54) is 10.8 Å². The first-order valence-corrected chi connectivity index (χ1v) is 15.8. The van der Waals surface area contributed by atoms with Crippen LogP contribution in [0.3, 0.4) is 0 Å². The lowest BCUT2D eigenvalue weighted by atomic mass is 9.83. The van der Waals surface area contributed by atoms with Gasteiger partial charge in [-0.3, -0.25) is 0 Å². The number of hydrogen-bond acceptors (Lipinski definition) is 1. The van der Waals surface area contributed by atoms with Gasteiger partial charge >= 0.3 is 0 Å². The molecule has 47 heavy (non-hydrogen) atoms. The Kier molecular flexibility index (Phi) is 4.66. The second kappa shape index (κ2) is 10.2. The number of fused-ring (bicyclic) bond motifs is 8. The first-order valence-electron chi connectivity index (χ1n) is 18.3. The lowest BCUT2D eigenvalue weighted by molar-refractivity contribution is 0.673. The summed E-state index contributed by atoms with van der Waals surface area (Å²) in [6, 6.07) is 46.4. The van der Waals surface area contributed by atoms with Crippen molar-refractivity contribution in [3.05, 3.63) is 170 Å². The van der Waals surface area contributed by atoms with E-state index in [4.69, 9.17) is 9.90 Å². The molecular formula is C46H28O. The number of furan rings is 1. The highest BCUT2D eigenvalue weighted by Crippen LogP contribution is 2.48. The molecule has 0 radical (unpaired) electrons. The number of rotatable bonds is 3. The van der Waals surface area contributed by atoms with Crippen LogP contribution in [0.5, 0.6) is 0 Å². The summed E-state index contributed by atoms with van der Waals surface area (Å²) in [5.41, 5.74) is 6.13. The van der Waals surface area contributed by atoms with Crippen molar-refractivity contribution in [3.63, 3.8) is 0 Å². The Bertz CT molecular complexity index is 3080. The Balaban J connectivity index is 1.36. The summed E-state index contributed by atoms with van der Waals surface area (Å²) < 4.78 is 52.0. The summed E-state index contributed by atoms with van der Waals surface area (Å²) in [7, 11) is 0. The normalized spacial score (nSPS) is 13.3. The van der Waals surface area contributed by atoms with Crippen LogP contribution in [-0.2, 0) is 0 Å². The Hall–Kier alpha value is -6.18. The van der Waals surface area contributed by atoms with Crippen LogP contribution in [0.15, 0.2) is 174 Å². The van der Waals surface area contributed by atoms with E-state index in [9.17, 15) is 1.37 Å². The molecule has 0 spiro atoms. The molecule has 0 saturated heterocycles. The number of para-hydroxylation sites is 1. The monoisotopic (exact) mass is 601 g/mol. The van der Waals surface area contributed by atoms with Crippen molar-refractivity contribution >= 4 is 65.0 Å².